The first kappa shape index (κ1) is 18.9. The van der Waals surface area contributed by atoms with Gasteiger partial charge in [-0.05, 0) is 31.2 Å². The molecular weight excluding hydrogens is 364 g/mol. The Kier molecular flexibility index (Phi) is 5.25. The molecule has 2 atom stereocenters. The summed E-state index contributed by atoms with van der Waals surface area (Å²) in [5, 5.41) is 10.0. The van der Waals surface area contributed by atoms with Gasteiger partial charge >= 0.3 is 5.97 Å². The molecule has 2 aliphatic heterocycles. The van der Waals surface area contributed by atoms with E-state index in [2.05, 4.69) is 4.90 Å². The molecule has 0 aromatic carbocycles. The van der Waals surface area contributed by atoms with Crippen molar-refractivity contribution in [2.24, 2.45) is 11.3 Å². The van der Waals surface area contributed by atoms with Crippen molar-refractivity contribution in [1.82, 2.24) is 9.80 Å². The predicted octanol–water partition coefficient (Wildman–Crippen LogP) is 2.93. The zero-order chi connectivity index (χ0) is 19.0. The lowest BCUT2D eigenvalue weighted by molar-refractivity contribution is -0.148. The highest BCUT2D eigenvalue weighted by molar-refractivity contribution is 7.97. The van der Waals surface area contributed by atoms with E-state index < -0.39 is 11.4 Å². The Bertz CT molecular complexity index is 715. The molecule has 0 bridgehead atoms. The highest BCUT2D eigenvalue weighted by Crippen LogP contribution is 2.45. The highest BCUT2D eigenvalue weighted by Gasteiger charge is 2.59. The summed E-state index contributed by atoms with van der Waals surface area (Å²) < 4.78 is 5.66. The van der Waals surface area contributed by atoms with Crippen LogP contribution in [-0.4, -0.2) is 65.3 Å². The zero-order valence-corrected chi connectivity index (χ0v) is 16.7. The van der Waals surface area contributed by atoms with Gasteiger partial charge < -0.3 is 14.4 Å². The maximum atomic E-state index is 12.9. The van der Waals surface area contributed by atoms with Crippen molar-refractivity contribution < 1.29 is 19.1 Å². The Morgan fingerprint density at radius 1 is 1.22 bits per heavy atom. The summed E-state index contributed by atoms with van der Waals surface area (Å²) in [5.41, 5.74) is -0.832. The molecule has 148 valence electrons. The van der Waals surface area contributed by atoms with Gasteiger partial charge in [-0.2, -0.15) is 11.8 Å². The molecule has 27 heavy (non-hydrogen) atoms. The van der Waals surface area contributed by atoms with Crippen molar-refractivity contribution in [3.63, 3.8) is 0 Å². The van der Waals surface area contributed by atoms with Gasteiger partial charge in [-0.25, -0.2) is 0 Å². The Balaban J connectivity index is 1.47. The molecule has 1 saturated carbocycles. The number of furan rings is 1. The molecule has 4 rings (SSSR count). The Hall–Kier alpha value is -1.47. The van der Waals surface area contributed by atoms with Crippen molar-refractivity contribution in [2.45, 2.75) is 43.9 Å². The van der Waals surface area contributed by atoms with Gasteiger partial charge in [0.05, 0.1) is 5.75 Å². The minimum absolute atomic E-state index is 0.00139. The van der Waals surface area contributed by atoms with Crippen molar-refractivity contribution >= 4 is 23.6 Å². The van der Waals surface area contributed by atoms with E-state index in [1.165, 1.54) is 32.1 Å². The average Bonchev–Trinajstić information content (AvgIpc) is 3.35. The number of carboxylic acid groups (broad SMARTS) is 1. The molecule has 0 spiro atoms. The fraction of sp³-hybridized carbons (Fsp3) is 0.700. The van der Waals surface area contributed by atoms with Crippen LogP contribution in [0.5, 0.6) is 0 Å². The second kappa shape index (κ2) is 7.51. The van der Waals surface area contributed by atoms with Gasteiger partial charge in [-0.3, -0.25) is 14.5 Å². The Morgan fingerprint density at radius 3 is 2.67 bits per heavy atom. The molecular formula is C20H28N2O4S. The molecule has 3 aliphatic rings. The van der Waals surface area contributed by atoms with Crippen LogP contribution in [0.2, 0.25) is 0 Å². The molecule has 1 amide bonds. The Morgan fingerprint density at radius 2 is 2.00 bits per heavy atom. The van der Waals surface area contributed by atoms with Crippen LogP contribution in [0.25, 0.3) is 0 Å². The van der Waals surface area contributed by atoms with Gasteiger partial charge in [0, 0.05) is 38.1 Å². The van der Waals surface area contributed by atoms with Gasteiger partial charge in [0.2, 0.25) is 0 Å². The third-order valence-electron chi connectivity index (χ3n) is 6.60. The van der Waals surface area contributed by atoms with E-state index in [0.717, 1.165) is 18.1 Å². The third-order valence-corrected chi connectivity index (χ3v) is 7.17. The van der Waals surface area contributed by atoms with Gasteiger partial charge in [0.15, 0.2) is 5.76 Å². The van der Waals surface area contributed by atoms with Crippen LogP contribution < -0.4 is 0 Å². The van der Waals surface area contributed by atoms with Crippen LogP contribution in [0.15, 0.2) is 16.5 Å². The number of rotatable bonds is 5. The SMILES string of the molecule is CSCc1ccc(C(=O)N2C[C@H]3CN(C4CCCCC4)C[C@@]3(C(=O)O)C2)o1. The molecule has 3 fully saturated rings. The van der Waals surface area contributed by atoms with Gasteiger partial charge in [0.25, 0.3) is 5.91 Å². The van der Waals surface area contributed by atoms with E-state index in [1.54, 1.807) is 22.7 Å². The number of nitrogens with zero attached hydrogens (tertiary/aromatic N) is 2. The fourth-order valence-corrected chi connectivity index (χ4v) is 5.59. The predicted molar refractivity (Wildman–Crippen MR) is 104 cm³/mol. The van der Waals surface area contributed by atoms with E-state index in [-0.39, 0.29) is 18.4 Å². The van der Waals surface area contributed by atoms with Crippen LogP contribution >= 0.6 is 11.8 Å². The van der Waals surface area contributed by atoms with E-state index >= 15 is 0 Å². The standard InChI is InChI=1S/C20H28N2O4S/c1-27-11-16-7-8-17(26-16)18(23)22-10-14-9-21(15-5-3-2-4-6-15)12-20(14,13-22)19(24)25/h7-8,14-15H,2-6,9-13H2,1H3,(H,24,25)/t14-,20-/m1/s1. The largest absolute Gasteiger partial charge is 0.481 e. The number of hydrogen-bond donors (Lipinski definition) is 1. The second-order valence-electron chi connectivity index (χ2n) is 8.26. The summed E-state index contributed by atoms with van der Waals surface area (Å²) in [4.78, 5) is 29.2. The lowest BCUT2D eigenvalue weighted by Gasteiger charge is -2.33. The van der Waals surface area contributed by atoms with Crippen LogP contribution in [0.3, 0.4) is 0 Å². The number of carbonyl (C=O) groups is 2. The molecule has 1 N–H and O–H groups in total. The number of carbonyl (C=O) groups excluding carboxylic acids is 1. The van der Waals surface area contributed by atoms with Gasteiger partial charge in [-0.1, -0.05) is 19.3 Å². The quantitative estimate of drug-likeness (QED) is 0.831. The molecule has 0 unspecified atom stereocenters. The molecule has 1 aliphatic carbocycles. The number of amides is 1. The summed E-state index contributed by atoms with van der Waals surface area (Å²) in [6.07, 6.45) is 8.12. The third kappa shape index (κ3) is 3.40. The van der Waals surface area contributed by atoms with Crippen LogP contribution in [0.1, 0.15) is 48.4 Å². The summed E-state index contributed by atoms with van der Waals surface area (Å²) in [6.45, 7) is 2.15. The normalized spacial score (nSPS) is 29.2. The first-order valence-electron chi connectivity index (χ1n) is 9.88. The van der Waals surface area contributed by atoms with Gasteiger partial charge in [0.1, 0.15) is 11.2 Å². The number of hydrogen-bond acceptors (Lipinski definition) is 5. The summed E-state index contributed by atoms with van der Waals surface area (Å²) in [7, 11) is 0. The number of aliphatic carboxylic acids is 1. The van der Waals surface area contributed by atoms with Crippen LogP contribution in [0, 0.1) is 11.3 Å². The number of carboxylic acids is 1. The molecule has 2 saturated heterocycles. The summed E-state index contributed by atoms with van der Waals surface area (Å²) in [6, 6.07) is 4.06. The highest BCUT2D eigenvalue weighted by atomic mass is 32.2. The molecule has 0 radical (unpaired) electrons. The lowest BCUT2D eigenvalue weighted by Crippen LogP contribution is -2.44. The van der Waals surface area contributed by atoms with Crippen LogP contribution in [-0.2, 0) is 10.5 Å². The monoisotopic (exact) mass is 392 g/mol. The van der Waals surface area contributed by atoms with E-state index in [9.17, 15) is 14.7 Å². The minimum atomic E-state index is -0.832. The van der Waals surface area contributed by atoms with Gasteiger partial charge in [-0.15, -0.1) is 0 Å². The lowest BCUT2D eigenvalue weighted by atomic mass is 9.81. The topological polar surface area (TPSA) is 74.0 Å². The van der Waals surface area contributed by atoms with Crippen molar-refractivity contribution in [2.75, 3.05) is 32.4 Å². The van der Waals surface area contributed by atoms with Crippen molar-refractivity contribution in [3.05, 3.63) is 23.7 Å². The maximum Gasteiger partial charge on any atom is 0.313 e. The summed E-state index contributed by atoms with van der Waals surface area (Å²) in [5.74, 6) is 0.891. The summed E-state index contributed by atoms with van der Waals surface area (Å²) >= 11 is 1.64. The first-order chi connectivity index (χ1) is 13.0. The van der Waals surface area contributed by atoms with E-state index in [4.69, 9.17) is 4.42 Å². The molecule has 1 aromatic heterocycles. The minimum Gasteiger partial charge on any atom is -0.481 e. The number of thioether (sulfide) groups is 1. The number of fused-ring (bicyclic) bond motifs is 1. The first-order valence-corrected chi connectivity index (χ1v) is 11.3. The fourth-order valence-electron chi connectivity index (χ4n) is 5.15. The van der Waals surface area contributed by atoms with E-state index in [1.807, 2.05) is 12.3 Å². The van der Waals surface area contributed by atoms with E-state index in [0.29, 0.717) is 24.9 Å². The second-order valence-corrected chi connectivity index (χ2v) is 9.13. The molecule has 7 heteroatoms. The zero-order valence-electron chi connectivity index (χ0n) is 15.9. The average molecular weight is 393 g/mol. The number of likely N-dealkylation sites (tertiary alicyclic amines) is 2. The molecule has 6 nitrogen and oxygen atoms in total. The maximum absolute atomic E-state index is 12.9. The van der Waals surface area contributed by atoms with Crippen LogP contribution in [0.4, 0.5) is 0 Å². The smallest absolute Gasteiger partial charge is 0.313 e. The Labute approximate surface area is 164 Å². The van der Waals surface area contributed by atoms with Crippen molar-refractivity contribution in [3.8, 4) is 0 Å². The van der Waals surface area contributed by atoms with Crippen molar-refractivity contribution in [1.29, 1.82) is 0 Å². The molecule has 3 heterocycles. The molecule has 1 aromatic rings.